The van der Waals surface area contributed by atoms with Crippen LogP contribution < -0.4 is 5.73 Å². The number of hydrogen-bond acceptors (Lipinski definition) is 2. The Bertz CT molecular complexity index is 213. The quantitative estimate of drug-likeness (QED) is 0.801. The molecule has 0 heterocycles. The second-order valence-electron chi connectivity index (χ2n) is 6.11. The molecule has 2 fully saturated rings. The van der Waals surface area contributed by atoms with Gasteiger partial charge < -0.3 is 5.73 Å². The fourth-order valence-corrected chi connectivity index (χ4v) is 5.34. The highest BCUT2D eigenvalue weighted by molar-refractivity contribution is 7.99. The van der Waals surface area contributed by atoms with Crippen molar-refractivity contribution in [1.29, 1.82) is 0 Å². The van der Waals surface area contributed by atoms with Crippen LogP contribution >= 0.6 is 11.8 Å². The Kier molecular flexibility index (Phi) is 5.68. The fraction of sp³-hybridized carbons (Fsp3) is 1.00. The first kappa shape index (κ1) is 13.7. The molecule has 0 aliphatic heterocycles. The van der Waals surface area contributed by atoms with Crippen molar-refractivity contribution in [3.63, 3.8) is 0 Å². The zero-order valence-electron chi connectivity index (χ0n) is 11.4. The van der Waals surface area contributed by atoms with E-state index in [-0.39, 0.29) is 0 Å². The first-order valence-electron chi connectivity index (χ1n) is 7.65. The van der Waals surface area contributed by atoms with Crippen LogP contribution in [0.4, 0.5) is 0 Å². The lowest BCUT2D eigenvalue weighted by Gasteiger charge is -2.35. The third-order valence-electron chi connectivity index (χ3n) is 4.94. The molecule has 2 N–H and O–H groups in total. The first-order valence-corrected chi connectivity index (χ1v) is 8.70. The van der Waals surface area contributed by atoms with Crippen molar-refractivity contribution in [2.75, 3.05) is 12.3 Å². The summed E-state index contributed by atoms with van der Waals surface area (Å²) in [5.74, 6) is 4.24. The smallest absolute Gasteiger partial charge is 0.00900 e. The minimum atomic E-state index is 0.809. The molecule has 0 aromatic carbocycles. The zero-order chi connectivity index (χ0) is 12.1. The number of nitrogens with two attached hydrogens (primary N) is 1. The Morgan fingerprint density at radius 3 is 2.47 bits per heavy atom. The highest BCUT2D eigenvalue weighted by atomic mass is 32.2. The van der Waals surface area contributed by atoms with E-state index in [9.17, 15) is 0 Å². The van der Waals surface area contributed by atoms with Crippen molar-refractivity contribution in [2.24, 2.45) is 23.5 Å². The topological polar surface area (TPSA) is 26.0 Å². The molecule has 0 aromatic rings. The largest absolute Gasteiger partial charge is 0.330 e. The zero-order valence-corrected chi connectivity index (χ0v) is 12.2. The number of rotatable bonds is 5. The van der Waals surface area contributed by atoms with E-state index in [0.717, 1.165) is 29.5 Å². The van der Waals surface area contributed by atoms with Gasteiger partial charge in [-0.2, -0.15) is 11.8 Å². The maximum absolute atomic E-state index is 5.95. The first-order chi connectivity index (χ1) is 8.33. The van der Waals surface area contributed by atoms with Gasteiger partial charge in [0.25, 0.3) is 0 Å². The maximum atomic E-state index is 5.95. The van der Waals surface area contributed by atoms with E-state index in [2.05, 4.69) is 18.7 Å². The summed E-state index contributed by atoms with van der Waals surface area (Å²) in [5.41, 5.74) is 5.95. The van der Waals surface area contributed by atoms with E-state index in [0.29, 0.717) is 0 Å². The SMILES string of the molecule is CCC1CCC(CN)C(SCC2CCCC2)C1. The van der Waals surface area contributed by atoms with Crippen LogP contribution in [0.2, 0.25) is 0 Å². The Labute approximate surface area is 111 Å². The number of hydrogen-bond donors (Lipinski definition) is 1. The lowest BCUT2D eigenvalue weighted by molar-refractivity contribution is 0.283. The molecule has 0 aromatic heterocycles. The molecule has 2 rings (SSSR count). The van der Waals surface area contributed by atoms with E-state index >= 15 is 0 Å². The van der Waals surface area contributed by atoms with Crippen LogP contribution in [0.15, 0.2) is 0 Å². The summed E-state index contributed by atoms with van der Waals surface area (Å²) in [5, 5.41) is 0.874. The van der Waals surface area contributed by atoms with Gasteiger partial charge in [0.05, 0.1) is 0 Å². The average molecular weight is 255 g/mol. The third kappa shape index (κ3) is 3.89. The minimum Gasteiger partial charge on any atom is -0.330 e. The van der Waals surface area contributed by atoms with Crippen molar-refractivity contribution < 1.29 is 0 Å². The van der Waals surface area contributed by atoms with Crippen LogP contribution in [0.25, 0.3) is 0 Å². The van der Waals surface area contributed by atoms with Crippen LogP contribution in [0.5, 0.6) is 0 Å². The molecule has 0 bridgehead atoms. The summed E-state index contributed by atoms with van der Waals surface area (Å²) in [6.45, 7) is 3.27. The maximum Gasteiger partial charge on any atom is 0.00900 e. The predicted molar refractivity (Wildman–Crippen MR) is 78.4 cm³/mol. The molecular formula is C15H29NS. The molecule has 1 nitrogen and oxygen atoms in total. The molecule has 3 atom stereocenters. The van der Waals surface area contributed by atoms with Crippen LogP contribution in [-0.2, 0) is 0 Å². The average Bonchev–Trinajstić information content (AvgIpc) is 2.89. The summed E-state index contributed by atoms with van der Waals surface area (Å²) in [7, 11) is 0. The van der Waals surface area contributed by atoms with Gasteiger partial charge in [0, 0.05) is 5.25 Å². The molecule has 2 saturated carbocycles. The van der Waals surface area contributed by atoms with E-state index in [1.54, 1.807) is 0 Å². The van der Waals surface area contributed by atoms with Gasteiger partial charge >= 0.3 is 0 Å². The van der Waals surface area contributed by atoms with Gasteiger partial charge in [-0.15, -0.1) is 0 Å². The van der Waals surface area contributed by atoms with E-state index in [4.69, 9.17) is 5.73 Å². The van der Waals surface area contributed by atoms with Gasteiger partial charge in [0.2, 0.25) is 0 Å². The van der Waals surface area contributed by atoms with Gasteiger partial charge in [-0.05, 0) is 55.7 Å². The highest BCUT2D eigenvalue weighted by Gasteiger charge is 2.30. The Morgan fingerprint density at radius 1 is 1.06 bits per heavy atom. The van der Waals surface area contributed by atoms with Crippen LogP contribution in [0.1, 0.15) is 58.3 Å². The van der Waals surface area contributed by atoms with E-state index < -0.39 is 0 Å². The van der Waals surface area contributed by atoms with Crippen LogP contribution in [0.3, 0.4) is 0 Å². The summed E-state index contributed by atoms with van der Waals surface area (Å²) in [6, 6.07) is 0. The van der Waals surface area contributed by atoms with Crippen molar-refractivity contribution in [3.05, 3.63) is 0 Å². The molecule has 2 aliphatic carbocycles. The van der Waals surface area contributed by atoms with Gasteiger partial charge in [-0.3, -0.25) is 0 Å². The molecule has 2 aliphatic rings. The van der Waals surface area contributed by atoms with Gasteiger partial charge in [0.15, 0.2) is 0 Å². The van der Waals surface area contributed by atoms with Crippen molar-refractivity contribution in [3.8, 4) is 0 Å². The molecule has 0 spiro atoms. The molecule has 17 heavy (non-hydrogen) atoms. The molecule has 0 saturated heterocycles. The van der Waals surface area contributed by atoms with E-state index in [1.807, 2.05) is 0 Å². The van der Waals surface area contributed by atoms with Gasteiger partial charge in [0.1, 0.15) is 0 Å². The lowest BCUT2D eigenvalue weighted by Crippen LogP contribution is -2.32. The van der Waals surface area contributed by atoms with Gasteiger partial charge in [-0.25, -0.2) is 0 Å². The number of thioether (sulfide) groups is 1. The predicted octanol–water partition coefficient (Wildman–Crippen LogP) is 4.06. The van der Waals surface area contributed by atoms with Crippen molar-refractivity contribution >= 4 is 11.8 Å². The molecule has 2 heteroatoms. The Balaban J connectivity index is 1.77. The summed E-state index contributed by atoms with van der Waals surface area (Å²) >= 11 is 2.27. The lowest BCUT2D eigenvalue weighted by atomic mass is 9.80. The van der Waals surface area contributed by atoms with E-state index in [1.165, 1.54) is 57.1 Å². The summed E-state index contributed by atoms with van der Waals surface area (Å²) in [4.78, 5) is 0. The van der Waals surface area contributed by atoms with Crippen LogP contribution in [0, 0.1) is 17.8 Å². The third-order valence-corrected chi connectivity index (χ3v) is 6.61. The van der Waals surface area contributed by atoms with Gasteiger partial charge in [-0.1, -0.05) is 32.6 Å². The Hall–Kier alpha value is 0.310. The molecular weight excluding hydrogens is 226 g/mol. The van der Waals surface area contributed by atoms with Crippen LogP contribution in [-0.4, -0.2) is 17.5 Å². The minimum absolute atomic E-state index is 0.809. The molecule has 0 radical (unpaired) electrons. The highest BCUT2D eigenvalue weighted by Crippen LogP contribution is 2.39. The fourth-order valence-electron chi connectivity index (χ4n) is 3.56. The molecule has 0 amide bonds. The monoisotopic (exact) mass is 255 g/mol. The summed E-state index contributed by atoms with van der Waals surface area (Å²) < 4.78 is 0. The standard InChI is InChI=1S/C15H29NS/c1-2-12-7-8-14(10-16)15(9-12)17-11-13-5-3-4-6-13/h12-15H,2-11,16H2,1H3. The van der Waals surface area contributed by atoms with Crippen molar-refractivity contribution in [1.82, 2.24) is 0 Å². The molecule has 100 valence electrons. The van der Waals surface area contributed by atoms with Crippen molar-refractivity contribution in [2.45, 2.75) is 63.5 Å². The second-order valence-corrected chi connectivity index (χ2v) is 7.38. The normalized spacial score (nSPS) is 35.3. The molecule has 3 unspecified atom stereocenters. The summed E-state index contributed by atoms with van der Waals surface area (Å²) in [6.07, 6.45) is 11.6. The Morgan fingerprint density at radius 2 is 1.82 bits per heavy atom. The second kappa shape index (κ2) is 7.04.